The van der Waals surface area contributed by atoms with Crippen molar-refractivity contribution < 1.29 is 4.79 Å². The van der Waals surface area contributed by atoms with Crippen molar-refractivity contribution >= 4 is 45.4 Å². The fourth-order valence-corrected chi connectivity index (χ4v) is 3.43. The number of aryl methyl sites for hydroxylation is 1. The van der Waals surface area contributed by atoms with Gasteiger partial charge in [0, 0.05) is 15.0 Å². The molecule has 0 saturated heterocycles. The lowest BCUT2D eigenvalue weighted by molar-refractivity contribution is -0.121. The van der Waals surface area contributed by atoms with E-state index < -0.39 is 0 Å². The molecule has 3 nitrogen and oxygen atoms in total. The van der Waals surface area contributed by atoms with Crippen molar-refractivity contribution in [1.82, 2.24) is 10.3 Å². The number of hydrogen-bond acceptors (Lipinski definition) is 3. The molecule has 1 aromatic carbocycles. The van der Waals surface area contributed by atoms with Crippen molar-refractivity contribution in [2.24, 2.45) is 0 Å². The molecule has 0 fully saturated rings. The molecule has 1 heterocycles. The van der Waals surface area contributed by atoms with E-state index in [0.717, 1.165) is 20.6 Å². The topological polar surface area (TPSA) is 44.9 Å². The number of rotatable bonds is 4. The van der Waals surface area contributed by atoms with Crippen LogP contribution in [0.1, 0.15) is 29.1 Å². The Kier molecular flexibility index (Phi) is 5.12. The number of amides is 1. The van der Waals surface area contributed by atoms with Gasteiger partial charge in [-0.2, -0.15) is 0 Å². The summed E-state index contributed by atoms with van der Waals surface area (Å²) in [4.78, 5) is 16.1. The van der Waals surface area contributed by atoms with E-state index in [0.29, 0.717) is 10.4 Å². The summed E-state index contributed by atoms with van der Waals surface area (Å²) in [6.45, 7) is 3.92. The molecule has 0 saturated carbocycles. The van der Waals surface area contributed by atoms with Gasteiger partial charge in [0.1, 0.15) is 0 Å². The summed E-state index contributed by atoms with van der Waals surface area (Å²) in [5.74, 6) is 0.00812. The Bertz CT molecular complexity index is 661. The van der Waals surface area contributed by atoms with Crippen LogP contribution >= 0.6 is 39.5 Å². The molecular formula is C14H15BrN2OS2. The number of thiazole rings is 1. The summed E-state index contributed by atoms with van der Waals surface area (Å²) in [7, 11) is 0. The highest BCUT2D eigenvalue weighted by molar-refractivity contribution is 9.10. The van der Waals surface area contributed by atoms with Crippen molar-refractivity contribution in [1.29, 1.82) is 0 Å². The normalized spacial score (nSPS) is 12.2. The maximum atomic E-state index is 12.1. The molecule has 2 aromatic rings. The highest BCUT2D eigenvalue weighted by Gasteiger charge is 2.12. The van der Waals surface area contributed by atoms with E-state index in [1.807, 2.05) is 38.1 Å². The Labute approximate surface area is 135 Å². The molecule has 0 aliphatic heterocycles. The van der Waals surface area contributed by atoms with Gasteiger partial charge in [-0.3, -0.25) is 4.79 Å². The summed E-state index contributed by atoms with van der Waals surface area (Å²) in [6, 6.07) is 7.93. The van der Waals surface area contributed by atoms with Crippen LogP contribution in [0.3, 0.4) is 0 Å². The molecule has 0 radical (unpaired) electrons. The predicted molar refractivity (Wildman–Crippen MR) is 88.6 cm³/mol. The summed E-state index contributed by atoms with van der Waals surface area (Å²) < 4.78 is 1.74. The molecule has 0 aliphatic rings. The van der Waals surface area contributed by atoms with E-state index >= 15 is 0 Å². The zero-order chi connectivity index (χ0) is 14.7. The minimum Gasteiger partial charge on any atom is -0.349 e. The van der Waals surface area contributed by atoms with E-state index in [9.17, 15) is 4.79 Å². The standard InChI is InChI=1S/C14H15BrN2OS2/c1-8(10-3-5-11(15)6-4-10)16-13(18)7-12-9(2)17-14(19)20-12/h3-6,8H,7H2,1-2H3,(H,16,18)(H,17,19)/t8-/m0/s1. The number of nitrogens with one attached hydrogen (secondary N) is 2. The number of H-pyrrole nitrogens is 1. The molecule has 0 bridgehead atoms. The smallest absolute Gasteiger partial charge is 0.225 e. The quantitative estimate of drug-likeness (QED) is 0.788. The third-order valence-electron chi connectivity index (χ3n) is 2.99. The average molecular weight is 371 g/mol. The van der Waals surface area contributed by atoms with Gasteiger partial charge in [0.15, 0.2) is 3.95 Å². The van der Waals surface area contributed by atoms with Gasteiger partial charge in [0.2, 0.25) is 5.91 Å². The maximum Gasteiger partial charge on any atom is 0.225 e. The van der Waals surface area contributed by atoms with Crippen LogP contribution < -0.4 is 5.32 Å². The van der Waals surface area contributed by atoms with Crippen LogP contribution in [0.25, 0.3) is 0 Å². The molecule has 0 aliphatic carbocycles. The molecule has 1 aromatic heterocycles. The maximum absolute atomic E-state index is 12.1. The fraction of sp³-hybridized carbons (Fsp3) is 0.286. The van der Waals surface area contributed by atoms with Crippen LogP contribution in [0.15, 0.2) is 28.7 Å². The Morgan fingerprint density at radius 3 is 2.65 bits per heavy atom. The highest BCUT2D eigenvalue weighted by Crippen LogP contribution is 2.18. The van der Waals surface area contributed by atoms with Crippen LogP contribution in [-0.4, -0.2) is 10.9 Å². The van der Waals surface area contributed by atoms with Gasteiger partial charge in [-0.1, -0.05) is 28.1 Å². The minimum atomic E-state index is -0.0113. The van der Waals surface area contributed by atoms with Crippen molar-refractivity contribution in [3.63, 3.8) is 0 Å². The van der Waals surface area contributed by atoms with Gasteiger partial charge in [0.25, 0.3) is 0 Å². The molecule has 0 spiro atoms. The van der Waals surface area contributed by atoms with Crippen LogP contribution in [0.5, 0.6) is 0 Å². The SMILES string of the molecule is Cc1[nH]c(=S)sc1CC(=O)N[C@@H](C)c1ccc(Br)cc1. The molecule has 1 amide bonds. The number of halogens is 1. The highest BCUT2D eigenvalue weighted by atomic mass is 79.9. The average Bonchev–Trinajstić information content (AvgIpc) is 2.68. The third-order valence-corrected chi connectivity index (χ3v) is 4.86. The van der Waals surface area contributed by atoms with Crippen molar-refractivity contribution in [3.8, 4) is 0 Å². The Hall–Kier alpha value is -0.980. The lowest BCUT2D eigenvalue weighted by atomic mass is 10.1. The molecule has 20 heavy (non-hydrogen) atoms. The van der Waals surface area contributed by atoms with Gasteiger partial charge in [0.05, 0.1) is 12.5 Å². The number of aromatic amines is 1. The summed E-state index contributed by atoms with van der Waals surface area (Å²) in [5.41, 5.74) is 2.06. The van der Waals surface area contributed by atoms with Crippen LogP contribution in [0, 0.1) is 10.9 Å². The summed E-state index contributed by atoms with van der Waals surface area (Å²) in [5, 5.41) is 3.01. The lowest BCUT2D eigenvalue weighted by Gasteiger charge is -2.14. The molecule has 0 unspecified atom stereocenters. The van der Waals surface area contributed by atoms with E-state index in [1.165, 1.54) is 11.3 Å². The zero-order valence-electron chi connectivity index (χ0n) is 11.2. The Morgan fingerprint density at radius 1 is 1.45 bits per heavy atom. The molecule has 2 N–H and O–H groups in total. The van der Waals surface area contributed by atoms with E-state index in [1.54, 1.807) is 0 Å². The van der Waals surface area contributed by atoms with Crippen molar-refractivity contribution in [2.75, 3.05) is 0 Å². The number of benzene rings is 1. The number of carbonyl (C=O) groups is 1. The molecular weight excluding hydrogens is 356 g/mol. The number of carbonyl (C=O) groups excluding carboxylic acids is 1. The first-order valence-corrected chi connectivity index (χ1v) is 8.21. The fourth-order valence-electron chi connectivity index (χ4n) is 1.88. The van der Waals surface area contributed by atoms with Crippen LogP contribution in [0.2, 0.25) is 0 Å². The van der Waals surface area contributed by atoms with Gasteiger partial charge < -0.3 is 10.3 Å². The van der Waals surface area contributed by atoms with E-state index in [4.69, 9.17) is 12.2 Å². The lowest BCUT2D eigenvalue weighted by Crippen LogP contribution is -2.28. The number of aromatic nitrogens is 1. The van der Waals surface area contributed by atoms with E-state index in [2.05, 4.69) is 26.2 Å². The largest absolute Gasteiger partial charge is 0.349 e. The second-order valence-electron chi connectivity index (χ2n) is 4.58. The van der Waals surface area contributed by atoms with Gasteiger partial charge >= 0.3 is 0 Å². The summed E-state index contributed by atoms with van der Waals surface area (Å²) in [6.07, 6.45) is 0.366. The van der Waals surface area contributed by atoms with Crippen molar-refractivity contribution in [2.45, 2.75) is 26.3 Å². The first-order valence-electron chi connectivity index (χ1n) is 6.19. The van der Waals surface area contributed by atoms with Crippen LogP contribution in [-0.2, 0) is 11.2 Å². The monoisotopic (exact) mass is 370 g/mol. The molecule has 6 heteroatoms. The summed E-state index contributed by atoms with van der Waals surface area (Å²) >= 11 is 9.94. The third kappa shape index (κ3) is 4.01. The first kappa shape index (κ1) is 15.4. The zero-order valence-corrected chi connectivity index (χ0v) is 14.4. The van der Waals surface area contributed by atoms with Crippen molar-refractivity contribution in [3.05, 3.63) is 48.8 Å². The van der Waals surface area contributed by atoms with Crippen LogP contribution in [0.4, 0.5) is 0 Å². The molecule has 1 atom stereocenters. The number of hydrogen-bond donors (Lipinski definition) is 2. The van der Waals surface area contributed by atoms with E-state index in [-0.39, 0.29) is 11.9 Å². The minimum absolute atomic E-state index is 0.00812. The first-order chi connectivity index (χ1) is 9.45. The predicted octanol–water partition coefficient (Wildman–Crippen LogP) is 4.30. The van der Waals surface area contributed by atoms with Gasteiger partial charge in [-0.15, -0.1) is 11.3 Å². The van der Waals surface area contributed by atoms with Gasteiger partial charge in [-0.25, -0.2) is 0 Å². The molecule has 2 rings (SSSR count). The second kappa shape index (κ2) is 6.65. The Balaban J connectivity index is 1.99. The molecule has 106 valence electrons. The second-order valence-corrected chi connectivity index (χ2v) is 7.27. The Morgan fingerprint density at radius 2 is 2.10 bits per heavy atom. The van der Waals surface area contributed by atoms with Gasteiger partial charge in [-0.05, 0) is 43.8 Å².